The van der Waals surface area contributed by atoms with E-state index in [4.69, 9.17) is 0 Å². The van der Waals surface area contributed by atoms with Gasteiger partial charge in [-0.15, -0.1) is 0 Å². The van der Waals surface area contributed by atoms with Gasteiger partial charge in [-0.05, 0) is 29.8 Å². The van der Waals surface area contributed by atoms with Crippen molar-refractivity contribution < 1.29 is 14.6 Å². The zero-order chi connectivity index (χ0) is 15.5. The molecule has 0 heterocycles. The Morgan fingerprint density at radius 3 is 1.55 bits per heavy atom. The molecule has 0 atom stereocenters. The number of rotatable bonds is 3. The number of phenols is 2. The molecule has 3 aromatic rings. The van der Waals surface area contributed by atoms with Crippen molar-refractivity contribution in [1.29, 1.82) is 0 Å². The van der Waals surface area contributed by atoms with Gasteiger partial charge in [0.15, 0.2) is 0 Å². The van der Waals surface area contributed by atoms with Gasteiger partial charge in [-0.3, -0.25) is 0 Å². The van der Waals surface area contributed by atoms with Crippen molar-refractivity contribution in [3.8, 4) is 11.5 Å². The molecule has 0 saturated carbocycles. The second-order valence-electron chi connectivity index (χ2n) is 5.10. The molecule has 3 rings (SSSR count). The second-order valence-corrected chi connectivity index (χ2v) is 5.10. The Balaban J connectivity index is 2.21. The largest absolute Gasteiger partial charge is 0.508 e. The topological polar surface area (TPSA) is 40.5 Å². The lowest BCUT2D eigenvalue weighted by molar-refractivity contribution is 0.458. The van der Waals surface area contributed by atoms with Crippen LogP contribution in [0.5, 0.6) is 11.5 Å². The number of aromatic hydroxyl groups is 2. The molecule has 0 aliphatic heterocycles. The zero-order valence-corrected chi connectivity index (χ0v) is 11.8. The lowest BCUT2D eigenvalue weighted by atomic mass is 9.84. The first-order chi connectivity index (χ1) is 10.7. The smallest absolute Gasteiger partial charge is 0.123 e. The number of hydrogen-bond donors (Lipinski definition) is 2. The summed E-state index contributed by atoms with van der Waals surface area (Å²) < 4.78 is 13.2. The fourth-order valence-corrected chi connectivity index (χ4v) is 2.65. The Morgan fingerprint density at radius 2 is 1.09 bits per heavy atom. The molecule has 0 bridgehead atoms. The van der Waals surface area contributed by atoms with Gasteiger partial charge < -0.3 is 10.2 Å². The average Bonchev–Trinajstić information content (AvgIpc) is 2.53. The van der Waals surface area contributed by atoms with Gasteiger partial charge >= 0.3 is 0 Å². The molecule has 2 N–H and O–H groups in total. The van der Waals surface area contributed by atoms with E-state index in [0.29, 0.717) is 11.1 Å². The quantitative estimate of drug-likeness (QED) is 0.702. The molecule has 2 nitrogen and oxygen atoms in total. The maximum absolute atomic E-state index is 13.2. The number of halogens is 1. The predicted octanol–water partition coefficient (Wildman–Crippen LogP) is 4.42. The van der Waals surface area contributed by atoms with Crippen LogP contribution in [0, 0.1) is 5.82 Å². The minimum atomic E-state index is -0.372. The monoisotopic (exact) mass is 294 g/mol. The predicted molar refractivity (Wildman–Crippen MR) is 83.6 cm³/mol. The Morgan fingerprint density at radius 1 is 0.636 bits per heavy atom. The molecule has 0 unspecified atom stereocenters. The number of benzene rings is 3. The van der Waals surface area contributed by atoms with Gasteiger partial charge in [-0.2, -0.15) is 0 Å². The third kappa shape index (κ3) is 2.66. The lowest BCUT2D eigenvalue weighted by Crippen LogP contribution is -2.04. The van der Waals surface area contributed by atoms with Crippen LogP contribution >= 0.6 is 0 Å². The van der Waals surface area contributed by atoms with Crippen LogP contribution in [0.3, 0.4) is 0 Å². The zero-order valence-electron chi connectivity index (χ0n) is 11.8. The van der Waals surface area contributed by atoms with Gasteiger partial charge in [0.1, 0.15) is 17.3 Å². The van der Waals surface area contributed by atoms with Gasteiger partial charge in [0, 0.05) is 17.0 Å². The van der Waals surface area contributed by atoms with Crippen molar-refractivity contribution >= 4 is 0 Å². The van der Waals surface area contributed by atoms with Gasteiger partial charge in [0.05, 0.1) is 0 Å². The molecule has 0 radical (unpaired) electrons. The van der Waals surface area contributed by atoms with E-state index in [2.05, 4.69) is 0 Å². The molecule has 3 heteroatoms. The van der Waals surface area contributed by atoms with Gasteiger partial charge in [0.25, 0.3) is 0 Å². The van der Waals surface area contributed by atoms with Crippen LogP contribution < -0.4 is 0 Å². The van der Waals surface area contributed by atoms with Crippen molar-refractivity contribution in [1.82, 2.24) is 0 Å². The summed E-state index contributed by atoms with van der Waals surface area (Å²) in [6, 6.07) is 20.0. The summed E-state index contributed by atoms with van der Waals surface area (Å²) in [6.07, 6.45) is 0. The first-order valence-electron chi connectivity index (χ1n) is 6.98. The molecule has 0 spiro atoms. The van der Waals surface area contributed by atoms with Crippen molar-refractivity contribution in [2.24, 2.45) is 0 Å². The summed E-state index contributed by atoms with van der Waals surface area (Å²) in [5.74, 6) is -0.416. The maximum Gasteiger partial charge on any atom is 0.123 e. The first kappa shape index (κ1) is 14.1. The highest BCUT2D eigenvalue weighted by Crippen LogP contribution is 2.39. The van der Waals surface area contributed by atoms with Crippen LogP contribution in [0.4, 0.5) is 4.39 Å². The minimum Gasteiger partial charge on any atom is -0.508 e. The summed E-state index contributed by atoms with van der Waals surface area (Å²) in [6.45, 7) is 0. The fourth-order valence-electron chi connectivity index (χ4n) is 2.65. The molecular formula is C19H15FO2. The standard InChI is InChI=1S/C19H15FO2/c20-14-11-9-13(10-12-14)19(15-5-1-3-7-17(15)21)16-6-2-4-8-18(16)22/h1-12,19,21-22H. The van der Waals surface area contributed by atoms with Crippen molar-refractivity contribution in [3.05, 3.63) is 95.3 Å². The molecule has 0 aliphatic carbocycles. The maximum atomic E-state index is 13.2. The third-order valence-corrected chi connectivity index (χ3v) is 3.70. The normalized spacial score (nSPS) is 10.8. The highest BCUT2D eigenvalue weighted by Gasteiger charge is 2.22. The van der Waals surface area contributed by atoms with Crippen LogP contribution in [0.25, 0.3) is 0 Å². The van der Waals surface area contributed by atoms with Crippen molar-refractivity contribution in [2.45, 2.75) is 5.92 Å². The minimum absolute atomic E-state index is 0.139. The molecule has 0 amide bonds. The number of para-hydroxylation sites is 2. The van der Waals surface area contributed by atoms with E-state index in [1.54, 1.807) is 48.5 Å². The summed E-state index contributed by atoms with van der Waals surface area (Å²) in [5, 5.41) is 20.4. The Hall–Kier alpha value is -2.81. The fraction of sp³-hybridized carbons (Fsp3) is 0.0526. The Bertz CT molecular complexity index is 736. The van der Waals surface area contributed by atoms with Crippen LogP contribution in [0.1, 0.15) is 22.6 Å². The van der Waals surface area contributed by atoms with E-state index < -0.39 is 0 Å². The van der Waals surface area contributed by atoms with Crippen molar-refractivity contribution in [2.75, 3.05) is 0 Å². The van der Waals surface area contributed by atoms with E-state index in [9.17, 15) is 14.6 Å². The SMILES string of the molecule is Oc1ccccc1C(c1ccc(F)cc1)c1ccccc1O. The van der Waals surface area contributed by atoms with Crippen LogP contribution in [0.15, 0.2) is 72.8 Å². The van der Waals surface area contributed by atoms with Gasteiger partial charge in [-0.1, -0.05) is 48.5 Å². The van der Waals surface area contributed by atoms with E-state index in [1.165, 1.54) is 12.1 Å². The van der Waals surface area contributed by atoms with Crippen LogP contribution in [0.2, 0.25) is 0 Å². The summed E-state index contributed by atoms with van der Waals surface area (Å²) in [4.78, 5) is 0. The molecule has 0 saturated heterocycles. The summed E-state index contributed by atoms with van der Waals surface area (Å²) in [7, 11) is 0. The van der Waals surface area contributed by atoms with E-state index >= 15 is 0 Å². The lowest BCUT2D eigenvalue weighted by Gasteiger charge is -2.20. The number of phenolic OH excluding ortho intramolecular Hbond substituents is 2. The van der Waals surface area contributed by atoms with Crippen LogP contribution in [-0.2, 0) is 0 Å². The summed E-state index contributed by atoms with van der Waals surface area (Å²) >= 11 is 0. The van der Waals surface area contributed by atoms with E-state index in [-0.39, 0.29) is 23.2 Å². The molecule has 0 aliphatic rings. The number of hydrogen-bond acceptors (Lipinski definition) is 2. The highest BCUT2D eigenvalue weighted by molar-refractivity contribution is 5.52. The van der Waals surface area contributed by atoms with Gasteiger partial charge in [-0.25, -0.2) is 4.39 Å². The molecular weight excluding hydrogens is 279 g/mol. The van der Waals surface area contributed by atoms with Crippen LogP contribution in [-0.4, -0.2) is 10.2 Å². The van der Waals surface area contributed by atoms with E-state index in [1.807, 2.05) is 12.1 Å². The Kier molecular flexibility index (Phi) is 3.79. The molecule has 0 fully saturated rings. The van der Waals surface area contributed by atoms with Crippen molar-refractivity contribution in [3.63, 3.8) is 0 Å². The first-order valence-corrected chi connectivity index (χ1v) is 6.98. The second kappa shape index (κ2) is 5.90. The van der Waals surface area contributed by atoms with Gasteiger partial charge in [0.2, 0.25) is 0 Å². The average molecular weight is 294 g/mol. The molecule has 110 valence electrons. The highest BCUT2D eigenvalue weighted by atomic mass is 19.1. The Labute approximate surface area is 128 Å². The molecule has 22 heavy (non-hydrogen) atoms. The molecule has 3 aromatic carbocycles. The van der Waals surface area contributed by atoms with E-state index in [0.717, 1.165) is 5.56 Å². The summed E-state index contributed by atoms with van der Waals surface area (Å²) in [5.41, 5.74) is 2.12. The molecule has 0 aromatic heterocycles. The third-order valence-electron chi connectivity index (χ3n) is 3.70.